The third-order valence-corrected chi connectivity index (χ3v) is 10.5. The van der Waals surface area contributed by atoms with E-state index in [1.54, 1.807) is 14.9 Å². The van der Waals surface area contributed by atoms with Gasteiger partial charge < -0.3 is 52.1 Å². The number of carbonyl (C=O) groups excluding carboxylic acids is 2. The lowest BCUT2D eigenvalue weighted by molar-refractivity contribution is -0.131. The number of amides is 3. The highest BCUT2D eigenvalue weighted by Gasteiger charge is 2.35. The molecular weight excluding hydrogens is 718 g/mol. The van der Waals surface area contributed by atoms with Crippen LogP contribution in [-0.4, -0.2) is 157 Å². The highest BCUT2D eigenvalue weighted by molar-refractivity contribution is 6.31. The quantitative estimate of drug-likeness (QED) is 0.0659. The zero-order chi connectivity index (χ0) is 39.9. The van der Waals surface area contributed by atoms with Gasteiger partial charge >= 0.3 is 6.03 Å². The number of rotatable bonds is 21. The number of likely N-dealkylation sites (tertiary alicyclic amines) is 1. The summed E-state index contributed by atoms with van der Waals surface area (Å²) in [4.78, 5) is 39.1. The molecule has 3 amide bonds. The maximum Gasteiger partial charge on any atom is 0.334 e. The fourth-order valence-electron chi connectivity index (χ4n) is 6.87. The van der Waals surface area contributed by atoms with E-state index < -0.39 is 36.9 Å². The van der Waals surface area contributed by atoms with Gasteiger partial charge in [-0.05, 0) is 63.6 Å². The SMILES string of the molecule is CCCCCCN(C[C@H](O)[C@@H](O)[C@H](O)[C@H](O)CO)N(CC)C(=O)N1CCC(N(C)CC(CNC(=O)c2nc(Cl)c(N)nc2N)Cc2ccccc2C)CC1. The number of piperidine rings is 1. The number of aliphatic hydroxyl groups is 5. The average Bonchev–Trinajstić information content (AvgIpc) is 3.16. The maximum atomic E-state index is 14.0. The van der Waals surface area contributed by atoms with Gasteiger partial charge in [0.1, 0.15) is 18.3 Å². The maximum absolute atomic E-state index is 14.0. The summed E-state index contributed by atoms with van der Waals surface area (Å²) in [6.07, 6.45) is -0.692. The second-order valence-corrected chi connectivity index (χ2v) is 14.6. The molecule has 10 N–H and O–H groups in total. The van der Waals surface area contributed by atoms with Crippen LogP contribution in [-0.2, 0) is 6.42 Å². The van der Waals surface area contributed by atoms with Crippen molar-refractivity contribution in [2.45, 2.75) is 96.2 Å². The van der Waals surface area contributed by atoms with E-state index >= 15 is 0 Å². The molecule has 5 atom stereocenters. The number of hydrogen-bond donors (Lipinski definition) is 8. The highest BCUT2D eigenvalue weighted by atomic mass is 35.5. The minimum Gasteiger partial charge on any atom is -0.394 e. The van der Waals surface area contributed by atoms with Crippen LogP contribution < -0.4 is 16.8 Å². The monoisotopic (exact) mass is 779 g/mol. The molecule has 1 fully saturated rings. The summed E-state index contributed by atoms with van der Waals surface area (Å²) in [5.74, 6) is -0.623. The molecule has 1 unspecified atom stereocenters. The fourth-order valence-corrected chi connectivity index (χ4v) is 7.00. The number of benzene rings is 1. The average molecular weight is 780 g/mol. The van der Waals surface area contributed by atoms with Gasteiger partial charge in [-0.25, -0.2) is 19.8 Å². The van der Waals surface area contributed by atoms with Gasteiger partial charge in [-0.2, -0.15) is 0 Å². The predicted molar refractivity (Wildman–Crippen MR) is 208 cm³/mol. The third kappa shape index (κ3) is 12.9. The van der Waals surface area contributed by atoms with E-state index in [-0.39, 0.29) is 47.0 Å². The molecule has 1 aliphatic heterocycles. The molecule has 0 spiro atoms. The Kier molecular flexibility index (Phi) is 18.6. The summed E-state index contributed by atoms with van der Waals surface area (Å²) in [6, 6.07) is 8.11. The lowest BCUT2D eigenvalue weighted by atomic mass is 9.94. The first-order valence-electron chi connectivity index (χ1n) is 19.0. The molecule has 1 saturated heterocycles. The van der Waals surface area contributed by atoms with E-state index in [0.29, 0.717) is 45.7 Å². The summed E-state index contributed by atoms with van der Waals surface area (Å²) in [5, 5.41) is 56.7. The third-order valence-electron chi connectivity index (χ3n) is 10.2. The largest absolute Gasteiger partial charge is 0.394 e. The molecule has 1 aromatic heterocycles. The number of nitrogens with zero attached hydrogens (tertiary/aromatic N) is 6. The van der Waals surface area contributed by atoms with Gasteiger partial charge in [-0.3, -0.25) is 9.80 Å². The van der Waals surface area contributed by atoms with Crippen molar-refractivity contribution in [3.63, 3.8) is 0 Å². The Hall–Kier alpha value is -3.35. The molecule has 17 heteroatoms. The van der Waals surface area contributed by atoms with Crippen LogP contribution in [0.5, 0.6) is 0 Å². The summed E-state index contributed by atoms with van der Waals surface area (Å²) in [5.41, 5.74) is 13.9. The molecule has 2 heterocycles. The van der Waals surface area contributed by atoms with Crippen molar-refractivity contribution in [1.29, 1.82) is 0 Å². The van der Waals surface area contributed by atoms with Crippen LogP contribution in [0, 0.1) is 12.8 Å². The molecular formula is C37H62ClN9O7. The van der Waals surface area contributed by atoms with Crippen molar-refractivity contribution >= 4 is 35.2 Å². The topological polar surface area (TPSA) is 238 Å². The summed E-state index contributed by atoms with van der Waals surface area (Å²) < 4.78 is 0. The Morgan fingerprint density at radius 1 is 0.981 bits per heavy atom. The Balaban J connectivity index is 1.67. The van der Waals surface area contributed by atoms with Crippen molar-refractivity contribution in [3.8, 4) is 0 Å². The van der Waals surface area contributed by atoms with Gasteiger partial charge in [0.15, 0.2) is 22.5 Å². The number of carbonyl (C=O) groups is 2. The molecule has 0 radical (unpaired) electrons. The van der Waals surface area contributed by atoms with E-state index in [1.165, 1.54) is 5.56 Å². The zero-order valence-corrected chi connectivity index (χ0v) is 32.9. The number of aliphatic hydroxyl groups excluding tert-OH is 5. The van der Waals surface area contributed by atoms with Crippen LogP contribution >= 0.6 is 11.6 Å². The summed E-state index contributed by atoms with van der Waals surface area (Å²) in [6.45, 7) is 7.89. The number of aromatic nitrogens is 2. The minimum absolute atomic E-state index is 0.0220. The van der Waals surface area contributed by atoms with E-state index in [4.69, 9.17) is 23.1 Å². The molecule has 0 saturated carbocycles. The number of nitrogens with one attached hydrogen (secondary N) is 1. The number of hydrazine groups is 1. The molecule has 16 nitrogen and oxygen atoms in total. The highest BCUT2D eigenvalue weighted by Crippen LogP contribution is 2.22. The van der Waals surface area contributed by atoms with Gasteiger partial charge in [0.25, 0.3) is 5.91 Å². The molecule has 0 aliphatic carbocycles. The Morgan fingerprint density at radius 2 is 1.65 bits per heavy atom. The lowest BCUT2D eigenvalue weighted by Gasteiger charge is -2.43. The van der Waals surface area contributed by atoms with Crippen molar-refractivity contribution in [3.05, 3.63) is 46.2 Å². The summed E-state index contributed by atoms with van der Waals surface area (Å²) >= 11 is 6.02. The first-order chi connectivity index (χ1) is 25.7. The standard InChI is InChI=1S/C37H62ClN9O7/c1-5-7-8-11-16-46(22-28(49)31(51)32(52)29(50)23-48)47(6-2)37(54)45-17-14-27(15-18-45)44(4)21-25(19-26-13-10-9-12-24(26)3)20-41-36(53)30-34(39)43-35(40)33(38)42-30/h9-10,12-13,25,27-29,31-32,48-52H,5-8,11,14-23H2,1-4H3,(H,41,53)(H4,39,40,43)/t25?,28-,29+,31+,32+/m0/s1. The second-order valence-electron chi connectivity index (χ2n) is 14.3. The van der Waals surface area contributed by atoms with Crippen molar-refractivity contribution < 1.29 is 35.1 Å². The van der Waals surface area contributed by atoms with Gasteiger partial charge in [-0.1, -0.05) is 62.1 Å². The van der Waals surface area contributed by atoms with Gasteiger partial charge in [-0.15, -0.1) is 0 Å². The van der Waals surface area contributed by atoms with Gasteiger partial charge in [0.2, 0.25) is 0 Å². The van der Waals surface area contributed by atoms with Crippen LogP contribution in [0.15, 0.2) is 24.3 Å². The van der Waals surface area contributed by atoms with Gasteiger partial charge in [0, 0.05) is 51.9 Å². The van der Waals surface area contributed by atoms with Crippen LogP contribution in [0.1, 0.15) is 74.0 Å². The Bertz CT molecular complexity index is 1470. The number of aryl methyl sites for hydroxylation is 1. The van der Waals surface area contributed by atoms with Gasteiger partial charge in [0.05, 0.1) is 12.7 Å². The number of hydrogen-bond acceptors (Lipinski definition) is 13. The molecule has 0 bridgehead atoms. The predicted octanol–water partition coefficient (Wildman–Crippen LogP) is 1.26. The number of halogens is 1. The molecule has 2 aromatic rings. The number of anilines is 2. The Labute approximate surface area is 324 Å². The van der Waals surface area contributed by atoms with Crippen molar-refractivity contribution in [1.82, 2.24) is 35.1 Å². The van der Waals surface area contributed by atoms with E-state index in [2.05, 4.69) is 53.2 Å². The smallest absolute Gasteiger partial charge is 0.334 e. The molecule has 1 aromatic carbocycles. The van der Waals surface area contributed by atoms with Crippen LogP contribution in [0.25, 0.3) is 0 Å². The zero-order valence-electron chi connectivity index (χ0n) is 32.1. The molecule has 3 rings (SSSR count). The first kappa shape index (κ1) is 45.0. The first-order valence-corrected chi connectivity index (χ1v) is 19.4. The molecule has 54 heavy (non-hydrogen) atoms. The Morgan fingerprint density at radius 3 is 2.28 bits per heavy atom. The number of nitrogen functional groups attached to an aromatic ring is 2. The van der Waals surface area contributed by atoms with E-state index in [0.717, 1.165) is 44.1 Å². The number of unbranched alkanes of at least 4 members (excludes halogenated alkanes) is 3. The van der Waals surface area contributed by atoms with Crippen LogP contribution in [0.3, 0.4) is 0 Å². The van der Waals surface area contributed by atoms with Crippen LogP contribution in [0.4, 0.5) is 16.4 Å². The fraction of sp³-hybridized carbons (Fsp3) is 0.676. The molecule has 1 aliphatic rings. The van der Waals surface area contributed by atoms with Crippen molar-refractivity contribution in [2.24, 2.45) is 5.92 Å². The second kappa shape index (κ2) is 22.3. The number of urea groups is 1. The normalized spacial score (nSPS) is 16.6. The van der Waals surface area contributed by atoms with Crippen molar-refractivity contribution in [2.75, 3.05) is 70.9 Å². The summed E-state index contributed by atoms with van der Waals surface area (Å²) in [7, 11) is 2.06. The molecule has 304 valence electrons. The van der Waals surface area contributed by atoms with E-state index in [1.807, 2.05) is 19.1 Å². The van der Waals surface area contributed by atoms with Crippen LogP contribution in [0.2, 0.25) is 5.15 Å². The minimum atomic E-state index is -1.75. The number of nitrogens with two attached hydrogens (primary N) is 2. The lowest BCUT2D eigenvalue weighted by Crippen LogP contribution is -2.58. The van der Waals surface area contributed by atoms with E-state index in [9.17, 15) is 35.1 Å².